The second-order valence-electron chi connectivity index (χ2n) is 6.62. The number of benzene rings is 2. The molecule has 2 aromatic carbocycles. The maximum Gasteiger partial charge on any atom is 0.416 e. The van der Waals surface area contributed by atoms with Gasteiger partial charge < -0.3 is 5.32 Å². The summed E-state index contributed by atoms with van der Waals surface area (Å²) in [5, 5.41) is 2.82. The topological polar surface area (TPSA) is 32.3 Å². The van der Waals surface area contributed by atoms with Crippen LogP contribution in [0.3, 0.4) is 0 Å². The zero-order chi connectivity index (χ0) is 18.7. The van der Waals surface area contributed by atoms with E-state index in [1.165, 1.54) is 23.3 Å². The van der Waals surface area contributed by atoms with Crippen molar-refractivity contribution in [1.29, 1.82) is 0 Å². The molecule has 3 nitrogen and oxygen atoms in total. The predicted octanol–water partition coefficient (Wildman–Crippen LogP) is 3.88. The summed E-state index contributed by atoms with van der Waals surface area (Å²) in [5.41, 5.74) is 2.15. The van der Waals surface area contributed by atoms with Gasteiger partial charge in [0.05, 0.1) is 5.56 Å². The fourth-order valence-corrected chi connectivity index (χ4v) is 3.18. The smallest absolute Gasteiger partial charge is 0.350 e. The summed E-state index contributed by atoms with van der Waals surface area (Å²) in [4.78, 5) is 14.5. The molecule has 0 bridgehead atoms. The molecule has 0 saturated carbocycles. The maximum absolute atomic E-state index is 12.6. The number of halogens is 3. The number of fused-ring (bicyclic) bond motifs is 1. The van der Waals surface area contributed by atoms with E-state index in [2.05, 4.69) is 22.3 Å². The number of alkyl halides is 3. The van der Waals surface area contributed by atoms with E-state index in [0.29, 0.717) is 6.54 Å². The zero-order valence-corrected chi connectivity index (χ0v) is 14.5. The van der Waals surface area contributed by atoms with E-state index in [9.17, 15) is 18.0 Å². The molecule has 1 amide bonds. The van der Waals surface area contributed by atoms with Crippen LogP contribution in [-0.4, -0.2) is 29.9 Å². The van der Waals surface area contributed by atoms with E-state index in [0.717, 1.165) is 31.6 Å². The Morgan fingerprint density at radius 1 is 1.12 bits per heavy atom. The molecule has 1 aliphatic heterocycles. The molecule has 0 radical (unpaired) electrons. The van der Waals surface area contributed by atoms with Gasteiger partial charge in [-0.25, -0.2) is 0 Å². The van der Waals surface area contributed by atoms with Crippen molar-refractivity contribution in [3.8, 4) is 0 Å². The van der Waals surface area contributed by atoms with E-state index in [1.54, 1.807) is 0 Å². The minimum absolute atomic E-state index is 0.141. The van der Waals surface area contributed by atoms with E-state index in [-0.39, 0.29) is 17.5 Å². The molecule has 2 aromatic rings. The monoisotopic (exact) mass is 362 g/mol. The minimum atomic E-state index is -4.39. The summed E-state index contributed by atoms with van der Waals surface area (Å²) >= 11 is 0. The summed E-state index contributed by atoms with van der Waals surface area (Å²) in [6.07, 6.45) is -3.42. The van der Waals surface area contributed by atoms with Crippen LogP contribution in [0.4, 0.5) is 13.2 Å². The first kappa shape index (κ1) is 18.5. The molecule has 6 heteroatoms. The van der Waals surface area contributed by atoms with Gasteiger partial charge in [0, 0.05) is 31.2 Å². The molecule has 138 valence electrons. The normalized spacial score (nSPS) is 16.0. The Hall–Kier alpha value is -2.34. The van der Waals surface area contributed by atoms with Crippen LogP contribution in [0.1, 0.15) is 34.0 Å². The van der Waals surface area contributed by atoms with Gasteiger partial charge in [0.15, 0.2) is 0 Å². The Labute approximate surface area is 150 Å². The SMILES string of the molecule is CC(CNC(=O)c1ccc(C(F)(F)F)cc1)N1CCc2ccccc2C1. The van der Waals surface area contributed by atoms with Gasteiger partial charge in [-0.3, -0.25) is 9.69 Å². The first-order valence-electron chi connectivity index (χ1n) is 8.61. The molecule has 0 aliphatic carbocycles. The van der Waals surface area contributed by atoms with Crippen LogP contribution in [0.25, 0.3) is 0 Å². The van der Waals surface area contributed by atoms with Gasteiger partial charge in [0.1, 0.15) is 0 Å². The van der Waals surface area contributed by atoms with Crippen molar-refractivity contribution in [2.75, 3.05) is 13.1 Å². The fourth-order valence-electron chi connectivity index (χ4n) is 3.18. The minimum Gasteiger partial charge on any atom is -0.350 e. The second-order valence-corrected chi connectivity index (χ2v) is 6.62. The number of amides is 1. The van der Waals surface area contributed by atoms with Gasteiger partial charge in [-0.2, -0.15) is 13.2 Å². The second kappa shape index (κ2) is 7.50. The van der Waals surface area contributed by atoms with E-state index < -0.39 is 11.7 Å². The molecule has 1 N–H and O–H groups in total. The molecular formula is C20H21F3N2O. The lowest BCUT2D eigenvalue weighted by molar-refractivity contribution is -0.137. The highest BCUT2D eigenvalue weighted by atomic mass is 19.4. The third-order valence-electron chi connectivity index (χ3n) is 4.82. The van der Waals surface area contributed by atoms with Crippen LogP contribution in [0.5, 0.6) is 0 Å². The molecule has 26 heavy (non-hydrogen) atoms. The number of nitrogens with one attached hydrogen (secondary N) is 1. The van der Waals surface area contributed by atoms with E-state index in [1.807, 2.05) is 19.1 Å². The Morgan fingerprint density at radius 2 is 1.77 bits per heavy atom. The van der Waals surface area contributed by atoms with Crippen LogP contribution >= 0.6 is 0 Å². The molecular weight excluding hydrogens is 341 g/mol. The quantitative estimate of drug-likeness (QED) is 0.895. The van der Waals surface area contributed by atoms with Crippen LogP contribution in [0, 0.1) is 0 Å². The number of carbonyl (C=O) groups is 1. The number of rotatable bonds is 4. The van der Waals surface area contributed by atoms with Gasteiger partial charge in [-0.1, -0.05) is 24.3 Å². The first-order valence-corrected chi connectivity index (χ1v) is 8.61. The number of hydrogen-bond acceptors (Lipinski definition) is 2. The Bertz CT molecular complexity index is 771. The molecule has 0 spiro atoms. The first-order chi connectivity index (χ1) is 12.3. The Balaban J connectivity index is 1.54. The summed E-state index contributed by atoms with van der Waals surface area (Å²) in [6.45, 7) is 4.25. The molecule has 1 heterocycles. The average molecular weight is 362 g/mol. The molecule has 1 atom stereocenters. The van der Waals surface area contributed by atoms with Gasteiger partial charge >= 0.3 is 6.18 Å². The highest BCUT2D eigenvalue weighted by molar-refractivity contribution is 5.94. The average Bonchev–Trinajstić information content (AvgIpc) is 2.64. The van der Waals surface area contributed by atoms with Crippen LogP contribution in [0.15, 0.2) is 48.5 Å². The standard InChI is InChI=1S/C20H21F3N2O/c1-14(25-11-10-15-4-2-3-5-17(15)13-25)12-24-19(26)16-6-8-18(9-7-16)20(21,22)23/h2-9,14H,10-13H2,1H3,(H,24,26). The highest BCUT2D eigenvalue weighted by Gasteiger charge is 2.30. The number of nitrogens with zero attached hydrogens (tertiary/aromatic N) is 1. The van der Waals surface area contributed by atoms with Gasteiger partial charge in [0.25, 0.3) is 5.91 Å². The van der Waals surface area contributed by atoms with Gasteiger partial charge in [-0.05, 0) is 48.7 Å². The third-order valence-corrected chi connectivity index (χ3v) is 4.82. The molecule has 0 saturated heterocycles. The third kappa shape index (κ3) is 4.25. The molecule has 1 unspecified atom stereocenters. The lowest BCUT2D eigenvalue weighted by Crippen LogP contribution is -2.44. The van der Waals surface area contributed by atoms with Crippen LogP contribution in [0.2, 0.25) is 0 Å². The van der Waals surface area contributed by atoms with Crippen molar-refractivity contribution in [1.82, 2.24) is 10.2 Å². The van der Waals surface area contributed by atoms with Crippen molar-refractivity contribution in [2.45, 2.75) is 32.1 Å². The summed E-state index contributed by atoms with van der Waals surface area (Å²) in [6, 6.07) is 12.8. The zero-order valence-electron chi connectivity index (χ0n) is 14.5. The van der Waals surface area contributed by atoms with E-state index >= 15 is 0 Å². The molecule has 1 aliphatic rings. The van der Waals surface area contributed by atoms with E-state index in [4.69, 9.17) is 0 Å². The Morgan fingerprint density at radius 3 is 2.42 bits per heavy atom. The van der Waals surface area contributed by atoms with Gasteiger partial charge in [-0.15, -0.1) is 0 Å². The maximum atomic E-state index is 12.6. The lowest BCUT2D eigenvalue weighted by Gasteiger charge is -2.33. The summed E-state index contributed by atoms with van der Waals surface area (Å²) in [5.74, 6) is -0.358. The van der Waals surface area contributed by atoms with Crippen LogP contribution < -0.4 is 5.32 Å². The predicted molar refractivity (Wildman–Crippen MR) is 93.8 cm³/mol. The number of carbonyl (C=O) groups excluding carboxylic acids is 1. The van der Waals surface area contributed by atoms with Crippen LogP contribution in [-0.2, 0) is 19.1 Å². The molecule has 3 rings (SSSR count). The largest absolute Gasteiger partial charge is 0.416 e. The fraction of sp³-hybridized carbons (Fsp3) is 0.350. The van der Waals surface area contributed by atoms with Crippen molar-refractivity contribution < 1.29 is 18.0 Å². The van der Waals surface area contributed by atoms with Crippen molar-refractivity contribution in [3.63, 3.8) is 0 Å². The summed E-state index contributed by atoms with van der Waals surface area (Å²) in [7, 11) is 0. The lowest BCUT2D eigenvalue weighted by atomic mass is 9.99. The van der Waals surface area contributed by atoms with Crippen molar-refractivity contribution in [2.24, 2.45) is 0 Å². The Kier molecular flexibility index (Phi) is 5.32. The molecule has 0 aromatic heterocycles. The number of hydrogen-bond donors (Lipinski definition) is 1. The van der Waals surface area contributed by atoms with Crippen molar-refractivity contribution >= 4 is 5.91 Å². The molecule has 0 fully saturated rings. The van der Waals surface area contributed by atoms with Gasteiger partial charge in [0.2, 0.25) is 0 Å². The van der Waals surface area contributed by atoms with Crippen molar-refractivity contribution in [3.05, 3.63) is 70.8 Å². The highest BCUT2D eigenvalue weighted by Crippen LogP contribution is 2.29. The summed E-state index contributed by atoms with van der Waals surface area (Å²) < 4.78 is 37.7.